The minimum atomic E-state index is -0.0665. The van der Waals surface area contributed by atoms with Crippen molar-refractivity contribution in [2.75, 3.05) is 65.5 Å². The molecule has 2 aromatic carbocycles. The quantitative estimate of drug-likeness (QED) is 0.214. The van der Waals surface area contributed by atoms with Gasteiger partial charge in [-0.2, -0.15) is 0 Å². The second-order valence-electron chi connectivity index (χ2n) is 12.6. The van der Waals surface area contributed by atoms with Gasteiger partial charge < -0.3 is 33.5 Å². The molecule has 11 heteroatoms. The van der Waals surface area contributed by atoms with Crippen molar-refractivity contribution < 1.29 is 23.8 Å². The number of ether oxygens (including phenoxy) is 3. The highest BCUT2D eigenvalue weighted by Crippen LogP contribution is 2.35. The van der Waals surface area contributed by atoms with E-state index >= 15 is 0 Å². The summed E-state index contributed by atoms with van der Waals surface area (Å²) in [6.07, 6.45) is 5.82. The Morgan fingerprint density at radius 3 is 2.72 bits per heavy atom. The van der Waals surface area contributed by atoms with Crippen molar-refractivity contribution in [1.82, 2.24) is 19.3 Å². The monoisotopic (exact) mass is 653 g/mol. The number of carbonyl (C=O) groups is 2. The number of aromatic nitrogens is 1. The number of urea groups is 1. The van der Waals surface area contributed by atoms with Gasteiger partial charge in [0.1, 0.15) is 6.54 Å². The van der Waals surface area contributed by atoms with Crippen LogP contribution in [0, 0.1) is 0 Å². The summed E-state index contributed by atoms with van der Waals surface area (Å²) < 4.78 is 19.4. The molecular weight excluding hydrogens is 606 g/mol. The predicted molar refractivity (Wildman–Crippen MR) is 182 cm³/mol. The number of rotatable bonds is 13. The SMILES string of the molecule is CCCCCOc1cc(N2CC[C@H](C)N(Cc3cccc4c3c(Cl)cn4CC(=O)N3CCOC(CN(C)C)C3)C2=O)ccc1OC. The minimum absolute atomic E-state index is 0.00393. The Kier molecular flexibility index (Phi) is 11.4. The number of benzene rings is 2. The summed E-state index contributed by atoms with van der Waals surface area (Å²) in [7, 11) is 5.64. The fraction of sp³-hybridized carbons (Fsp3) is 0.543. The van der Waals surface area contributed by atoms with Crippen LogP contribution in [0.2, 0.25) is 5.02 Å². The van der Waals surface area contributed by atoms with Crippen molar-refractivity contribution in [3.05, 3.63) is 53.2 Å². The molecule has 10 nitrogen and oxygen atoms in total. The number of halogens is 1. The maximum atomic E-state index is 14.0. The maximum Gasteiger partial charge on any atom is 0.325 e. The molecule has 3 heterocycles. The van der Waals surface area contributed by atoms with Crippen LogP contribution in [-0.4, -0.2) is 104 Å². The van der Waals surface area contributed by atoms with E-state index in [9.17, 15) is 9.59 Å². The number of methoxy groups -OCH3 is 1. The normalized spacial score (nSPS) is 18.9. The Bertz CT molecular complexity index is 1510. The van der Waals surface area contributed by atoms with Crippen molar-refractivity contribution in [2.45, 2.75) is 64.8 Å². The molecule has 250 valence electrons. The Balaban J connectivity index is 1.33. The molecule has 3 amide bonds. The van der Waals surface area contributed by atoms with Crippen molar-refractivity contribution in [3.63, 3.8) is 0 Å². The molecule has 1 aromatic heterocycles. The highest BCUT2D eigenvalue weighted by molar-refractivity contribution is 6.36. The lowest BCUT2D eigenvalue weighted by molar-refractivity contribution is -0.139. The average Bonchev–Trinajstić information content (AvgIpc) is 3.36. The largest absolute Gasteiger partial charge is 0.493 e. The smallest absolute Gasteiger partial charge is 0.325 e. The lowest BCUT2D eigenvalue weighted by Crippen LogP contribution is -2.53. The Labute approximate surface area is 277 Å². The molecule has 1 unspecified atom stereocenters. The first-order chi connectivity index (χ1) is 22.2. The highest BCUT2D eigenvalue weighted by Gasteiger charge is 2.33. The Hall–Kier alpha value is -3.47. The van der Waals surface area contributed by atoms with E-state index in [-0.39, 0.29) is 30.6 Å². The van der Waals surface area contributed by atoms with Gasteiger partial charge in [-0.25, -0.2) is 4.79 Å². The summed E-state index contributed by atoms with van der Waals surface area (Å²) in [5.74, 6) is 1.34. The van der Waals surface area contributed by atoms with E-state index in [4.69, 9.17) is 25.8 Å². The third-order valence-corrected chi connectivity index (χ3v) is 9.18. The number of carbonyl (C=O) groups excluding carboxylic acids is 2. The summed E-state index contributed by atoms with van der Waals surface area (Å²) in [4.78, 5) is 35.1. The lowest BCUT2D eigenvalue weighted by atomic mass is 10.1. The zero-order valence-electron chi connectivity index (χ0n) is 27.8. The number of anilines is 1. The topological polar surface area (TPSA) is 79.7 Å². The van der Waals surface area contributed by atoms with Crippen LogP contribution < -0.4 is 14.4 Å². The van der Waals surface area contributed by atoms with Crippen LogP contribution in [-0.2, 0) is 22.6 Å². The van der Waals surface area contributed by atoms with E-state index in [1.54, 1.807) is 7.11 Å². The number of fused-ring (bicyclic) bond motifs is 1. The zero-order valence-corrected chi connectivity index (χ0v) is 28.6. The van der Waals surface area contributed by atoms with Crippen molar-refractivity contribution in [2.24, 2.45) is 0 Å². The minimum Gasteiger partial charge on any atom is -0.493 e. The summed E-state index contributed by atoms with van der Waals surface area (Å²) in [6, 6.07) is 11.6. The molecule has 0 spiro atoms. The van der Waals surface area contributed by atoms with Crippen LogP contribution in [0.1, 0.15) is 45.1 Å². The number of nitrogens with zero attached hydrogens (tertiary/aromatic N) is 5. The van der Waals surface area contributed by atoms with Crippen molar-refractivity contribution in [1.29, 1.82) is 0 Å². The second-order valence-corrected chi connectivity index (χ2v) is 13.0. The molecule has 2 atom stereocenters. The lowest BCUT2D eigenvalue weighted by Gasteiger charge is -2.40. The van der Waals surface area contributed by atoms with Gasteiger partial charge in [0.2, 0.25) is 5.91 Å². The van der Waals surface area contributed by atoms with Crippen LogP contribution in [0.25, 0.3) is 10.9 Å². The van der Waals surface area contributed by atoms with Gasteiger partial charge >= 0.3 is 6.03 Å². The fourth-order valence-corrected chi connectivity index (χ4v) is 6.72. The molecule has 2 saturated heterocycles. The molecule has 2 aliphatic rings. The fourth-order valence-electron chi connectivity index (χ4n) is 6.38. The molecule has 0 aliphatic carbocycles. The zero-order chi connectivity index (χ0) is 32.8. The molecule has 0 bridgehead atoms. The van der Waals surface area contributed by atoms with Gasteiger partial charge in [0.15, 0.2) is 11.5 Å². The molecule has 5 rings (SSSR count). The van der Waals surface area contributed by atoms with E-state index in [1.807, 2.05) is 76.0 Å². The third-order valence-electron chi connectivity index (χ3n) is 8.90. The predicted octanol–water partition coefficient (Wildman–Crippen LogP) is 5.88. The third kappa shape index (κ3) is 7.73. The van der Waals surface area contributed by atoms with Crippen LogP contribution in [0.4, 0.5) is 10.5 Å². The van der Waals surface area contributed by atoms with Gasteiger partial charge in [-0.05, 0) is 57.6 Å². The number of hydrogen-bond donors (Lipinski definition) is 0. The van der Waals surface area contributed by atoms with E-state index in [2.05, 4.69) is 18.7 Å². The number of amides is 3. The summed E-state index contributed by atoms with van der Waals surface area (Å²) in [5.41, 5.74) is 2.61. The number of likely N-dealkylation sites (N-methyl/N-ethyl adjacent to an activating group) is 1. The molecule has 3 aromatic rings. The first-order valence-corrected chi connectivity index (χ1v) is 16.8. The van der Waals surface area contributed by atoms with Gasteiger partial charge in [-0.1, -0.05) is 43.5 Å². The molecule has 2 aliphatic heterocycles. The molecule has 0 radical (unpaired) electrons. The van der Waals surface area contributed by atoms with Crippen molar-refractivity contribution in [3.8, 4) is 11.5 Å². The molecular formula is C35H48ClN5O5. The summed E-state index contributed by atoms with van der Waals surface area (Å²) >= 11 is 6.84. The van der Waals surface area contributed by atoms with Crippen LogP contribution >= 0.6 is 11.6 Å². The number of unbranched alkanes of at least 4 members (excludes halogenated alkanes) is 2. The number of morpholine rings is 1. The first kappa shape index (κ1) is 33.9. The van der Waals surface area contributed by atoms with Gasteiger partial charge in [-0.15, -0.1) is 0 Å². The summed E-state index contributed by atoms with van der Waals surface area (Å²) in [5, 5.41) is 1.44. The highest BCUT2D eigenvalue weighted by atomic mass is 35.5. The second kappa shape index (κ2) is 15.4. The van der Waals surface area contributed by atoms with Crippen LogP contribution in [0.5, 0.6) is 11.5 Å². The maximum absolute atomic E-state index is 14.0. The Morgan fingerprint density at radius 1 is 1.13 bits per heavy atom. The van der Waals surface area contributed by atoms with Crippen molar-refractivity contribution >= 4 is 40.1 Å². The van der Waals surface area contributed by atoms with Gasteiger partial charge in [-0.3, -0.25) is 9.69 Å². The first-order valence-electron chi connectivity index (χ1n) is 16.4. The Morgan fingerprint density at radius 2 is 1.96 bits per heavy atom. The van der Waals surface area contributed by atoms with Crippen LogP contribution in [0.3, 0.4) is 0 Å². The molecule has 2 fully saturated rings. The number of hydrogen-bond acceptors (Lipinski definition) is 6. The van der Waals surface area contributed by atoms with Gasteiger partial charge in [0.05, 0.1) is 37.0 Å². The van der Waals surface area contributed by atoms with Gasteiger partial charge in [0, 0.05) is 62.1 Å². The van der Waals surface area contributed by atoms with E-state index in [0.29, 0.717) is 55.9 Å². The summed E-state index contributed by atoms with van der Waals surface area (Å²) in [6.45, 7) is 8.49. The molecule has 0 N–H and O–H groups in total. The standard InChI is InChI=1S/C35H48ClN5O5/c1-6-7-8-17-46-32-19-27(12-13-31(32)44-5)40-15-14-25(2)41(35(40)43)20-26-10-9-11-30-34(26)29(36)23-39(30)24-33(42)38-16-18-45-28(22-38)21-37(3)4/h9-13,19,23,25,28H,6-8,14-18,20-22,24H2,1-5H3/t25-,28?/m0/s1. The van der Waals surface area contributed by atoms with Gasteiger partial charge in [0.25, 0.3) is 0 Å². The molecule has 0 saturated carbocycles. The molecule has 46 heavy (non-hydrogen) atoms. The average molecular weight is 654 g/mol. The van der Waals surface area contributed by atoms with E-state index < -0.39 is 0 Å². The van der Waals surface area contributed by atoms with E-state index in [0.717, 1.165) is 54.4 Å². The van der Waals surface area contributed by atoms with Crippen LogP contribution in [0.15, 0.2) is 42.6 Å². The van der Waals surface area contributed by atoms with E-state index in [1.165, 1.54) is 0 Å².